The molecule has 1 aliphatic rings. The van der Waals surface area contributed by atoms with Crippen molar-refractivity contribution in [1.29, 1.82) is 0 Å². The van der Waals surface area contributed by atoms with Gasteiger partial charge in [-0.2, -0.15) is 0 Å². The maximum absolute atomic E-state index is 14.3. The number of benzene rings is 3. The molecule has 1 saturated heterocycles. The van der Waals surface area contributed by atoms with Crippen LogP contribution >= 0.6 is 11.8 Å². The van der Waals surface area contributed by atoms with Crippen molar-refractivity contribution in [3.8, 4) is 0 Å². The molecule has 3 aromatic rings. The molecule has 0 aromatic heterocycles. The molecule has 3 aromatic carbocycles. The van der Waals surface area contributed by atoms with E-state index >= 15 is 0 Å². The molecule has 0 N–H and O–H groups in total. The van der Waals surface area contributed by atoms with Crippen LogP contribution in [0.4, 0.5) is 11.4 Å². The van der Waals surface area contributed by atoms with Gasteiger partial charge < -0.3 is 19.1 Å². The maximum atomic E-state index is 14.3. The first-order valence-corrected chi connectivity index (χ1v) is 14.8. The van der Waals surface area contributed by atoms with E-state index in [2.05, 4.69) is 0 Å². The summed E-state index contributed by atoms with van der Waals surface area (Å²) in [6.07, 6.45) is 0.212. The van der Waals surface area contributed by atoms with Gasteiger partial charge in [-0.25, -0.2) is 9.59 Å². The molecule has 14 nitrogen and oxygen atoms in total. The molecule has 46 heavy (non-hydrogen) atoms. The van der Waals surface area contributed by atoms with Crippen LogP contribution in [0.25, 0.3) is 0 Å². The Bertz CT molecular complexity index is 1540. The molecule has 0 spiro atoms. The molecule has 1 fully saturated rings. The summed E-state index contributed by atoms with van der Waals surface area (Å²) >= 11 is 0.805. The van der Waals surface area contributed by atoms with Gasteiger partial charge in [0, 0.05) is 29.2 Å². The quantitative estimate of drug-likeness (QED) is 0.0460. The molecule has 4 rings (SSSR count). The summed E-state index contributed by atoms with van der Waals surface area (Å²) in [5, 5.41) is 22.1. The van der Waals surface area contributed by atoms with Gasteiger partial charge in [-0.15, -0.1) is 0 Å². The predicted octanol–water partition coefficient (Wildman–Crippen LogP) is 4.23. The maximum Gasteiger partial charge on any atom is 0.336 e. The zero-order valence-corrected chi connectivity index (χ0v) is 25.5. The van der Waals surface area contributed by atoms with E-state index < -0.39 is 56.9 Å². The highest BCUT2D eigenvalue weighted by atomic mass is 32.2. The lowest BCUT2D eigenvalue weighted by Crippen LogP contribution is -2.74. The lowest BCUT2D eigenvalue weighted by Gasteiger charge is -2.52. The number of thioether (sulfide) groups is 1. The van der Waals surface area contributed by atoms with E-state index in [1.165, 1.54) is 48.5 Å². The van der Waals surface area contributed by atoms with Crippen molar-refractivity contribution in [2.24, 2.45) is 5.92 Å². The Balaban J connectivity index is 1.76. The number of β-lactam (4-membered cyclic amide) rings is 1. The van der Waals surface area contributed by atoms with Crippen LogP contribution in [0.15, 0.2) is 83.8 Å². The molecular weight excluding hydrogens is 622 g/mol. The van der Waals surface area contributed by atoms with Crippen LogP contribution in [0.2, 0.25) is 0 Å². The number of carbonyl (C=O) groups excluding carboxylic acids is 4. The van der Waals surface area contributed by atoms with E-state index in [0.717, 1.165) is 23.8 Å². The summed E-state index contributed by atoms with van der Waals surface area (Å²) in [5.41, 5.74) is 0.437. The third-order valence-corrected chi connectivity index (χ3v) is 8.77. The first-order chi connectivity index (χ1) is 22.0. The molecule has 0 unspecified atom stereocenters. The van der Waals surface area contributed by atoms with Gasteiger partial charge in [0.25, 0.3) is 11.4 Å². The molecule has 2 atom stereocenters. The minimum Gasteiger partial charge on any atom is -0.468 e. The fraction of sp³-hybridized carbons (Fsp3) is 0.290. The molecule has 0 radical (unpaired) electrons. The van der Waals surface area contributed by atoms with E-state index in [1.807, 2.05) is 0 Å². The Morgan fingerprint density at radius 3 is 1.72 bits per heavy atom. The number of hydrogen-bond acceptors (Lipinski definition) is 12. The third kappa shape index (κ3) is 7.15. The number of nitro groups is 2. The molecule has 240 valence electrons. The van der Waals surface area contributed by atoms with E-state index in [-0.39, 0.29) is 31.0 Å². The van der Waals surface area contributed by atoms with Crippen molar-refractivity contribution < 1.29 is 43.2 Å². The molecule has 1 amide bonds. The zero-order valence-electron chi connectivity index (χ0n) is 24.7. The fourth-order valence-electron chi connectivity index (χ4n) is 4.98. The second-order valence-electron chi connectivity index (χ2n) is 10.2. The first kappa shape index (κ1) is 33.6. The minimum atomic E-state index is -2.26. The number of esters is 3. The predicted molar refractivity (Wildman–Crippen MR) is 162 cm³/mol. The van der Waals surface area contributed by atoms with Crippen LogP contribution in [-0.4, -0.2) is 63.0 Å². The van der Waals surface area contributed by atoms with Crippen LogP contribution in [0.5, 0.6) is 0 Å². The van der Waals surface area contributed by atoms with Crippen molar-refractivity contribution in [3.05, 3.63) is 110 Å². The summed E-state index contributed by atoms with van der Waals surface area (Å²) in [7, 11) is 1.14. The Labute approximate surface area is 266 Å². The van der Waals surface area contributed by atoms with Gasteiger partial charge in [0.2, 0.25) is 10.7 Å². The van der Waals surface area contributed by atoms with E-state index in [9.17, 15) is 39.4 Å². The van der Waals surface area contributed by atoms with Gasteiger partial charge in [0.05, 0.1) is 28.9 Å². The summed E-state index contributed by atoms with van der Waals surface area (Å²) < 4.78 is 13.9. The summed E-state index contributed by atoms with van der Waals surface area (Å²) in [4.78, 5) is 76.7. The highest BCUT2D eigenvalue weighted by molar-refractivity contribution is 8.02. The summed E-state index contributed by atoms with van der Waals surface area (Å²) in [6.45, 7) is 0.405. The number of carbonyl (C=O) groups is 4. The Morgan fingerprint density at radius 1 is 0.826 bits per heavy atom. The number of non-ortho nitro benzene ring substituents is 2. The average Bonchev–Trinajstić information content (AvgIpc) is 3.07. The van der Waals surface area contributed by atoms with Crippen LogP contribution in [-0.2, 0) is 46.6 Å². The molecule has 1 aliphatic heterocycles. The molecule has 1 heterocycles. The Hall–Kier alpha value is -5.31. The van der Waals surface area contributed by atoms with Gasteiger partial charge >= 0.3 is 17.9 Å². The largest absolute Gasteiger partial charge is 0.468 e. The normalized spacial score (nSPS) is 15.8. The summed E-state index contributed by atoms with van der Waals surface area (Å²) in [5.74, 6) is -4.26. The molecule has 0 aliphatic carbocycles. The number of methoxy groups -OCH3 is 1. The number of hydrogen-bond donors (Lipinski definition) is 0. The van der Waals surface area contributed by atoms with Crippen LogP contribution in [0, 0.1) is 26.1 Å². The van der Waals surface area contributed by atoms with Crippen molar-refractivity contribution in [1.82, 2.24) is 4.90 Å². The second kappa shape index (κ2) is 14.6. The van der Waals surface area contributed by atoms with Crippen LogP contribution in [0.1, 0.15) is 24.5 Å². The average molecular weight is 652 g/mol. The number of nitro benzene ring substituents is 2. The SMILES string of the molecule is CC[C@H]1C(=O)N(CC(=O)OC)[C@H]1C(Sc1ccccc1)(C(=O)OCc1ccc([N+](=O)[O-])cc1)C(=O)OCc1ccc([N+](=O)[O-])cc1. The fourth-order valence-corrected chi connectivity index (χ4v) is 6.35. The molecule has 0 saturated carbocycles. The van der Waals surface area contributed by atoms with E-state index in [4.69, 9.17) is 14.2 Å². The molecule has 0 bridgehead atoms. The number of ether oxygens (including phenoxy) is 3. The topological polar surface area (TPSA) is 185 Å². The van der Waals surface area contributed by atoms with Gasteiger partial charge in [0.15, 0.2) is 0 Å². The zero-order chi connectivity index (χ0) is 33.4. The monoisotopic (exact) mass is 651 g/mol. The van der Waals surface area contributed by atoms with Crippen molar-refractivity contribution in [3.63, 3.8) is 0 Å². The highest BCUT2D eigenvalue weighted by Gasteiger charge is 2.67. The number of rotatable bonds is 14. The van der Waals surface area contributed by atoms with Crippen LogP contribution in [0.3, 0.4) is 0 Å². The van der Waals surface area contributed by atoms with Crippen molar-refractivity contribution in [2.45, 2.75) is 42.2 Å². The number of amides is 1. The Morgan fingerprint density at radius 2 is 1.30 bits per heavy atom. The first-order valence-electron chi connectivity index (χ1n) is 13.9. The van der Waals surface area contributed by atoms with E-state index in [0.29, 0.717) is 16.0 Å². The van der Waals surface area contributed by atoms with Crippen LogP contribution < -0.4 is 0 Å². The minimum absolute atomic E-state index is 0.170. The van der Waals surface area contributed by atoms with Gasteiger partial charge in [-0.3, -0.25) is 29.8 Å². The lowest BCUT2D eigenvalue weighted by molar-refractivity contribution is -0.385. The van der Waals surface area contributed by atoms with Gasteiger partial charge in [0.1, 0.15) is 19.8 Å². The van der Waals surface area contributed by atoms with E-state index in [1.54, 1.807) is 37.3 Å². The summed E-state index contributed by atoms with van der Waals surface area (Å²) in [6, 6.07) is 17.8. The number of nitrogens with zero attached hydrogens (tertiary/aromatic N) is 3. The highest BCUT2D eigenvalue weighted by Crippen LogP contribution is 2.48. The second-order valence-corrected chi connectivity index (χ2v) is 11.5. The number of likely N-dealkylation sites (tertiary alicyclic amines) is 1. The van der Waals surface area contributed by atoms with Crippen molar-refractivity contribution in [2.75, 3.05) is 13.7 Å². The standard InChI is InChI=1S/C31H29N3O11S/c1-3-25-27(32(28(25)36)17-26(35)43-2)31(46-24-7-5-4-6-8-24,29(37)44-18-20-9-13-22(14-10-20)33(39)40)30(38)45-19-21-11-15-23(16-12-21)34(41)42/h4-16,25,27H,3,17-19H2,1-2H3/t25-,27-/m1/s1. The smallest absolute Gasteiger partial charge is 0.336 e. The molecule has 15 heteroatoms. The van der Waals surface area contributed by atoms with Crippen molar-refractivity contribution >= 4 is 47.0 Å². The molecular formula is C31H29N3O11S. The Kier molecular flexibility index (Phi) is 10.7. The van der Waals surface area contributed by atoms with Gasteiger partial charge in [-0.1, -0.05) is 36.9 Å². The lowest BCUT2D eigenvalue weighted by atomic mass is 9.76. The van der Waals surface area contributed by atoms with Gasteiger partial charge in [-0.05, 0) is 53.9 Å². The third-order valence-electron chi connectivity index (χ3n) is 7.36.